The first-order valence-corrected chi connectivity index (χ1v) is 14.4. The lowest BCUT2D eigenvalue weighted by Crippen LogP contribution is -2.48. The molecule has 1 heterocycles. The van der Waals surface area contributed by atoms with Gasteiger partial charge >= 0.3 is 5.97 Å². The Hall–Kier alpha value is -3.26. The Morgan fingerprint density at radius 3 is 2.33 bits per heavy atom. The molecule has 40 heavy (non-hydrogen) atoms. The summed E-state index contributed by atoms with van der Waals surface area (Å²) in [4.78, 5) is 25.1. The van der Waals surface area contributed by atoms with Gasteiger partial charge in [-0.3, -0.25) is 10.0 Å². The predicted molar refractivity (Wildman–Crippen MR) is 154 cm³/mol. The molecule has 1 fully saturated rings. The average Bonchev–Trinajstić information content (AvgIpc) is 3.39. The third-order valence-electron chi connectivity index (χ3n) is 7.58. The predicted octanol–water partition coefficient (Wildman–Crippen LogP) is 6.08. The molecule has 3 aromatic carbocycles. The maximum absolute atomic E-state index is 13.0. The summed E-state index contributed by atoms with van der Waals surface area (Å²) >= 11 is 0. The first-order valence-electron chi connectivity index (χ1n) is 14.4. The third-order valence-corrected chi connectivity index (χ3v) is 7.58. The Morgan fingerprint density at radius 2 is 1.60 bits per heavy atom. The summed E-state index contributed by atoms with van der Waals surface area (Å²) in [5.41, 5.74) is 5.17. The molecule has 0 spiro atoms. The van der Waals surface area contributed by atoms with E-state index in [1.807, 2.05) is 12.1 Å². The van der Waals surface area contributed by atoms with E-state index >= 15 is 0 Å². The summed E-state index contributed by atoms with van der Waals surface area (Å²) in [6.07, 6.45) is 4.61. The smallest absolute Gasteiger partial charge is 0.340 e. The Kier molecular flexibility index (Phi) is 11.1. The van der Waals surface area contributed by atoms with Crippen LogP contribution in [0.2, 0.25) is 0 Å². The van der Waals surface area contributed by atoms with E-state index < -0.39 is 24.1 Å². The van der Waals surface area contributed by atoms with Crippen molar-refractivity contribution in [3.8, 4) is 0 Å². The summed E-state index contributed by atoms with van der Waals surface area (Å²) < 4.78 is 16.0. The molecular weight excluding hydrogens is 506 g/mol. The second-order valence-corrected chi connectivity index (χ2v) is 10.6. The minimum absolute atomic E-state index is 0.161. The summed E-state index contributed by atoms with van der Waals surface area (Å²) in [5, 5.41) is 13.6. The lowest BCUT2D eigenvalue weighted by atomic mass is 10.0. The van der Waals surface area contributed by atoms with Crippen molar-refractivity contribution < 1.29 is 29.0 Å². The largest absolute Gasteiger partial charge is 0.436 e. The molecule has 1 aliphatic rings. The maximum Gasteiger partial charge on any atom is 0.340 e. The van der Waals surface area contributed by atoms with Crippen LogP contribution in [-0.2, 0) is 36.6 Å². The van der Waals surface area contributed by atoms with Crippen LogP contribution in [0.1, 0.15) is 60.8 Å². The Balaban J connectivity index is 1.18. The monoisotopic (exact) mass is 547 g/mol. The zero-order valence-electron chi connectivity index (χ0n) is 23.6. The van der Waals surface area contributed by atoms with Crippen LogP contribution in [-0.4, -0.2) is 54.3 Å². The number of fused-ring (bicyclic) bond motifs is 1. The van der Waals surface area contributed by atoms with E-state index in [2.05, 4.69) is 62.4 Å². The zero-order chi connectivity index (χ0) is 28.3. The van der Waals surface area contributed by atoms with Crippen LogP contribution in [0.25, 0.3) is 10.8 Å². The topological polar surface area (TPSA) is 85.3 Å². The number of benzene rings is 3. The highest BCUT2D eigenvalue weighted by molar-refractivity contribution is 5.88. The van der Waals surface area contributed by atoms with Gasteiger partial charge in [0.25, 0.3) is 5.91 Å². The van der Waals surface area contributed by atoms with Crippen LogP contribution in [0, 0.1) is 13.8 Å². The van der Waals surface area contributed by atoms with E-state index in [-0.39, 0.29) is 19.9 Å². The van der Waals surface area contributed by atoms with Crippen LogP contribution < -0.4 is 0 Å². The highest BCUT2D eigenvalue weighted by Gasteiger charge is 2.42. The Morgan fingerprint density at radius 1 is 0.900 bits per heavy atom. The summed E-state index contributed by atoms with van der Waals surface area (Å²) in [6.45, 7) is 4.46. The normalized spacial score (nSPS) is 15.8. The standard InChI is InChI=1S/C33H41NO6/c1-24-15-16-26(21-25(24)2)11-6-4-10-20-38-30(31-33(36)40-23-39-31)32(35)34(37)19-9-3-5-12-27-17-18-28-13-7-8-14-29(28)22-27/h7-8,13-18,21-22,30-31,37H,3-6,9-12,19-20,23H2,1-2H3/t30-,31-/m1/s1. The molecule has 0 aliphatic carbocycles. The number of ether oxygens (including phenoxy) is 3. The second kappa shape index (κ2) is 14.9. The molecule has 0 unspecified atom stereocenters. The van der Waals surface area contributed by atoms with E-state index in [4.69, 9.17) is 14.2 Å². The number of aryl methyl sites for hydroxylation is 4. The first kappa shape index (κ1) is 29.7. The van der Waals surface area contributed by atoms with Gasteiger partial charge in [0.05, 0.1) is 0 Å². The van der Waals surface area contributed by atoms with Crippen LogP contribution in [0.3, 0.4) is 0 Å². The van der Waals surface area contributed by atoms with E-state index in [1.54, 1.807) is 0 Å². The molecule has 1 N–H and O–H groups in total. The van der Waals surface area contributed by atoms with Gasteiger partial charge in [-0.2, -0.15) is 0 Å². The number of carbonyl (C=O) groups is 2. The SMILES string of the molecule is Cc1ccc(CCCCCO[C@@H](C(=O)N(O)CCCCCc2ccc3ccccc3c2)[C@H]2OCOC2=O)cc1C. The lowest BCUT2D eigenvalue weighted by Gasteiger charge is -2.24. The number of esters is 1. The zero-order valence-corrected chi connectivity index (χ0v) is 23.6. The molecule has 0 bridgehead atoms. The number of nitrogens with zero attached hydrogens (tertiary/aromatic N) is 1. The van der Waals surface area contributed by atoms with E-state index in [0.29, 0.717) is 11.5 Å². The molecule has 1 amide bonds. The maximum atomic E-state index is 13.0. The second-order valence-electron chi connectivity index (χ2n) is 10.6. The van der Waals surface area contributed by atoms with Gasteiger partial charge in [-0.1, -0.05) is 73.5 Å². The molecule has 1 aliphatic heterocycles. The Labute approximate surface area is 237 Å². The number of hydroxylamine groups is 2. The number of hydrogen-bond acceptors (Lipinski definition) is 6. The first-order chi connectivity index (χ1) is 19.4. The molecule has 7 nitrogen and oxygen atoms in total. The van der Waals surface area contributed by atoms with Gasteiger partial charge in [-0.25, -0.2) is 9.86 Å². The summed E-state index contributed by atoms with van der Waals surface area (Å²) in [5.74, 6) is -1.31. The average molecular weight is 548 g/mol. The highest BCUT2D eigenvalue weighted by Crippen LogP contribution is 2.19. The van der Waals surface area contributed by atoms with Crippen molar-refractivity contribution in [1.82, 2.24) is 5.06 Å². The van der Waals surface area contributed by atoms with Crippen LogP contribution in [0.5, 0.6) is 0 Å². The summed E-state index contributed by atoms with van der Waals surface area (Å²) in [7, 11) is 0. The third kappa shape index (κ3) is 8.37. The molecule has 0 radical (unpaired) electrons. The van der Waals surface area contributed by atoms with Crippen molar-refractivity contribution in [3.63, 3.8) is 0 Å². The highest BCUT2D eigenvalue weighted by atomic mass is 16.7. The quantitative estimate of drug-likeness (QED) is 0.107. The molecule has 2 atom stereocenters. The van der Waals surface area contributed by atoms with Crippen LogP contribution >= 0.6 is 0 Å². The van der Waals surface area contributed by atoms with Crippen LogP contribution in [0.4, 0.5) is 0 Å². The van der Waals surface area contributed by atoms with Crippen molar-refractivity contribution in [1.29, 1.82) is 0 Å². The van der Waals surface area contributed by atoms with Gasteiger partial charge in [0.2, 0.25) is 0 Å². The molecule has 0 saturated carbocycles. The fourth-order valence-corrected chi connectivity index (χ4v) is 5.01. The van der Waals surface area contributed by atoms with Gasteiger partial charge in [0.15, 0.2) is 19.0 Å². The van der Waals surface area contributed by atoms with Gasteiger partial charge in [-0.15, -0.1) is 0 Å². The van der Waals surface area contributed by atoms with Crippen molar-refractivity contribution >= 4 is 22.6 Å². The van der Waals surface area contributed by atoms with E-state index in [0.717, 1.165) is 44.9 Å². The molecule has 1 saturated heterocycles. The fraction of sp³-hybridized carbons (Fsp3) is 0.455. The number of carbonyl (C=O) groups excluding carboxylic acids is 2. The van der Waals surface area contributed by atoms with Gasteiger partial charge in [0, 0.05) is 13.2 Å². The summed E-state index contributed by atoms with van der Waals surface area (Å²) in [6, 6.07) is 21.3. The van der Waals surface area contributed by atoms with E-state index in [9.17, 15) is 14.8 Å². The molecular formula is C33H41NO6. The van der Waals surface area contributed by atoms with Gasteiger partial charge < -0.3 is 14.2 Å². The van der Waals surface area contributed by atoms with Crippen molar-refractivity contribution in [2.24, 2.45) is 0 Å². The number of cyclic esters (lactones) is 1. The molecule has 3 aromatic rings. The molecule has 214 valence electrons. The van der Waals surface area contributed by atoms with Gasteiger partial charge in [0.1, 0.15) is 0 Å². The number of amides is 1. The molecule has 4 rings (SSSR count). The van der Waals surface area contributed by atoms with E-state index in [1.165, 1.54) is 33.0 Å². The van der Waals surface area contributed by atoms with Gasteiger partial charge in [-0.05, 0) is 85.4 Å². The fourth-order valence-electron chi connectivity index (χ4n) is 5.01. The molecule has 0 aromatic heterocycles. The minimum atomic E-state index is -1.22. The minimum Gasteiger partial charge on any atom is -0.436 e. The Bertz CT molecular complexity index is 1270. The molecule has 7 heteroatoms. The number of unbranched alkanes of at least 4 members (excludes halogenated alkanes) is 4. The van der Waals surface area contributed by atoms with Crippen molar-refractivity contribution in [2.75, 3.05) is 19.9 Å². The number of rotatable bonds is 15. The number of hydrogen-bond donors (Lipinski definition) is 1. The lowest BCUT2D eigenvalue weighted by molar-refractivity contribution is -0.186. The van der Waals surface area contributed by atoms with Crippen molar-refractivity contribution in [3.05, 3.63) is 82.9 Å². The van der Waals surface area contributed by atoms with Crippen LogP contribution in [0.15, 0.2) is 60.7 Å². The van der Waals surface area contributed by atoms with Crippen molar-refractivity contribution in [2.45, 2.75) is 77.4 Å².